The summed E-state index contributed by atoms with van der Waals surface area (Å²) in [6.45, 7) is 3.47. The summed E-state index contributed by atoms with van der Waals surface area (Å²) < 4.78 is 10.2. The SMILES string of the molecule is CCOC(=O)C1CC2([N+](=O)[O-])CC(C(=O)OCC)CC([N+](=O)[O-])(C1)C2C1CCCCC1. The maximum atomic E-state index is 12.6. The van der Waals surface area contributed by atoms with Gasteiger partial charge in [-0.1, -0.05) is 19.3 Å². The van der Waals surface area contributed by atoms with Crippen LogP contribution in [0.5, 0.6) is 0 Å². The van der Waals surface area contributed by atoms with Crippen LogP contribution in [0.4, 0.5) is 0 Å². The summed E-state index contributed by atoms with van der Waals surface area (Å²) >= 11 is 0. The molecule has 10 nitrogen and oxygen atoms in total. The van der Waals surface area contributed by atoms with Crippen LogP contribution in [0.2, 0.25) is 0 Å². The Morgan fingerprint density at radius 2 is 1.19 bits per heavy atom. The van der Waals surface area contributed by atoms with Gasteiger partial charge < -0.3 is 9.47 Å². The van der Waals surface area contributed by atoms with Crippen molar-refractivity contribution in [3.63, 3.8) is 0 Å². The third-order valence-electron chi connectivity index (χ3n) is 7.65. The average molecular weight is 440 g/mol. The van der Waals surface area contributed by atoms with Crippen molar-refractivity contribution in [3.8, 4) is 0 Å². The van der Waals surface area contributed by atoms with E-state index in [-0.39, 0.29) is 44.8 Å². The quantitative estimate of drug-likeness (QED) is 0.334. The minimum atomic E-state index is -1.72. The Bertz CT molecular complexity index is 669. The number of nitrogens with zero attached hydrogens (tertiary/aromatic N) is 2. The summed E-state index contributed by atoms with van der Waals surface area (Å²) in [5.41, 5.74) is -3.44. The molecular formula is C21H32N2O8. The molecule has 0 N–H and O–H groups in total. The van der Waals surface area contributed by atoms with E-state index in [0.29, 0.717) is 12.8 Å². The molecule has 0 aromatic rings. The zero-order chi connectivity index (χ0) is 22.8. The molecule has 0 atom stereocenters. The first-order valence-electron chi connectivity index (χ1n) is 11.3. The van der Waals surface area contributed by atoms with Gasteiger partial charge in [-0.15, -0.1) is 0 Å². The number of hydrogen-bond donors (Lipinski definition) is 0. The molecule has 0 spiro atoms. The van der Waals surface area contributed by atoms with Crippen LogP contribution in [-0.2, 0) is 19.1 Å². The van der Waals surface area contributed by atoms with Crippen LogP contribution in [0, 0.1) is 43.9 Å². The fraction of sp³-hybridized carbons (Fsp3) is 0.905. The Labute approximate surface area is 181 Å². The fourth-order valence-electron chi connectivity index (χ4n) is 6.75. The Hall–Kier alpha value is -2.26. The van der Waals surface area contributed by atoms with Gasteiger partial charge in [0.05, 0.1) is 25.0 Å². The van der Waals surface area contributed by atoms with Crippen molar-refractivity contribution in [2.75, 3.05) is 13.2 Å². The third-order valence-corrected chi connectivity index (χ3v) is 7.65. The maximum Gasteiger partial charge on any atom is 0.309 e. The zero-order valence-corrected chi connectivity index (χ0v) is 18.2. The topological polar surface area (TPSA) is 139 Å². The number of hydrogen-bond acceptors (Lipinski definition) is 8. The van der Waals surface area contributed by atoms with Crippen molar-refractivity contribution in [2.24, 2.45) is 23.7 Å². The normalized spacial score (nSPS) is 35.7. The Morgan fingerprint density at radius 3 is 1.52 bits per heavy atom. The number of nitro groups is 2. The summed E-state index contributed by atoms with van der Waals surface area (Å²) in [5.74, 6) is -4.11. The molecule has 3 rings (SSSR count). The van der Waals surface area contributed by atoms with E-state index in [1.807, 2.05) is 0 Å². The fourth-order valence-corrected chi connectivity index (χ4v) is 6.75. The number of carbonyl (C=O) groups excluding carboxylic acids is 2. The van der Waals surface area contributed by atoms with Crippen LogP contribution in [0.15, 0.2) is 0 Å². The largest absolute Gasteiger partial charge is 0.466 e. The van der Waals surface area contributed by atoms with Crippen molar-refractivity contribution in [1.29, 1.82) is 0 Å². The zero-order valence-electron chi connectivity index (χ0n) is 18.2. The second-order valence-electron chi connectivity index (χ2n) is 9.31. The Kier molecular flexibility index (Phi) is 6.85. The van der Waals surface area contributed by atoms with Gasteiger partial charge in [0.25, 0.3) is 0 Å². The molecule has 2 bridgehead atoms. The first kappa shape index (κ1) is 23.4. The van der Waals surface area contributed by atoms with Gasteiger partial charge >= 0.3 is 11.9 Å². The minimum absolute atomic E-state index is 0.101. The lowest BCUT2D eigenvalue weighted by Gasteiger charge is -2.54. The first-order valence-corrected chi connectivity index (χ1v) is 11.3. The predicted molar refractivity (Wildman–Crippen MR) is 108 cm³/mol. The first-order chi connectivity index (χ1) is 14.7. The average Bonchev–Trinajstić information content (AvgIpc) is 2.73. The van der Waals surface area contributed by atoms with E-state index in [2.05, 4.69) is 0 Å². The summed E-state index contributed by atoms with van der Waals surface area (Å²) in [5, 5.41) is 25.3. The van der Waals surface area contributed by atoms with Crippen molar-refractivity contribution in [2.45, 2.75) is 82.7 Å². The molecular weight excluding hydrogens is 408 g/mol. The van der Waals surface area contributed by atoms with E-state index < -0.39 is 50.6 Å². The van der Waals surface area contributed by atoms with E-state index in [1.165, 1.54) is 0 Å². The summed E-state index contributed by atoms with van der Waals surface area (Å²) in [6.07, 6.45) is 3.63. The van der Waals surface area contributed by atoms with Gasteiger partial charge in [0.1, 0.15) is 5.92 Å². The van der Waals surface area contributed by atoms with Crippen LogP contribution >= 0.6 is 0 Å². The summed E-state index contributed by atoms with van der Waals surface area (Å²) in [6, 6.07) is 0. The summed E-state index contributed by atoms with van der Waals surface area (Å²) in [7, 11) is 0. The maximum absolute atomic E-state index is 12.6. The molecule has 0 aromatic heterocycles. The second-order valence-corrected chi connectivity index (χ2v) is 9.31. The van der Waals surface area contributed by atoms with Crippen molar-refractivity contribution >= 4 is 11.9 Å². The molecule has 0 unspecified atom stereocenters. The van der Waals surface area contributed by atoms with Gasteiger partial charge in [0.2, 0.25) is 11.1 Å². The molecule has 174 valence electrons. The molecule has 0 radical (unpaired) electrons. The van der Waals surface area contributed by atoms with Gasteiger partial charge in [0.15, 0.2) is 0 Å². The number of ether oxygens (including phenoxy) is 2. The third kappa shape index (κ3) is 4.01. The lowest BCUT2D eigenvalue weighted by Crippen LogP contribution is -2.71. The predicted octanol–water partition coefficient (Wildman–Crippen LogP) is 3.16. The number of rotatable bonds is 7. The lowest BCUT2D eigenvalue weighted by atomic mass is 9.47. The highest BCUT2D eigenvalue weighted by Gasteiger charge is 2.76. The molecule has 3 saturated carbocycles. The Balaban J connectivity index is 2.13. The van der Waals surface area contributed by atoms with Crippen LogP contribution in [0.1, 0.15) is 71.6 Å². The molecule has 31 heavy (non-hydrogen) atoms. The molecule has 0 amide bonds. The van der Waals surface area contributed by atoms with E-state index in [9.17, 15) is 29.8 Å². The highest BCUT2D eigenvalue weighted by Crippen LogP contribution is 2.60. The van der Waals surface area contributed by atoms with Gasteiger partial charge in [-0.25, -0.2) is 0 Å². The molecule has 3 aliphatic carbocycles. The molecule has 0 aliphatic heterocycles. The number of fused-ring (bicyclic) bond motifs is 2. The molecule has 0 aromatic carbocycles. The lowest BCUT2D eigenvalue weighted by molar-refractivity contribution is -0.658. The Morgan fingerprint density at radius 1 is 0.806 bits per heavy atom. The van der Waals surface area contributed by atoms with Gasteiger partial charge in [-0.05, 0) is 32.6 Å². The van der Waals surface area contributed by atoms with E-state index >= 15 is 0 Å². The van der Waals surface area contributed by atoms with Crippen molar-refractivity contribution < 1.29 is 28.9 Å². The van der Waals surface area contributed by atoms with Crippen LogP contribution in [-0.4, -0.2) is 46.1 Å². The van der Waals surface area contributed by atoms with E-state index in [4.69, 9.17) is 9.47 Å². The number of esters is 2. The minimum Gasteiger partial charge on any atom is -0.466 e. The van der Waals surface area contributed by atoms with Gasteiger partial charge in [0, 0.05) is 35.5 Å². The van der Waals surface area contributed by atoms with Crippen LogP contribution in [0.3, 0.4) is 0 Å². The molecule has 3 fully saturated rings. The van der Waals surface area contributed by atoms with Crippen molar-refractivity contribution in [3.05, 3.63) is 20.2 Å². The molecule has 3 aliphatic rings. The summed E-state index contributed by atoms with van der Waals surface area (Å²) in [4.78, 5) is 49.6. The van der Waals surface area contributed by atoms with Gasteiger partial charge in [-0.3, -0.25) is 29.8 Å². The van der Waals surface area contributed by atoms with E-state index in [1.54, 1.807) is 13.8 Å². The molecule has 10 heteroatoms. The number of carbonyl (C=O) groups is 2. The highest BCUT2D eigenvalue weighted by atomic mass is 16.6. The highest BCUT2D eigenvalue weighted by molar-refractivity contribution is 5.75. The van der Waals surface area contributed by atoms with Crippen LogP contribution in [0.25, 0.3) is 0 Å². The molecule has 0 heterocycles. The smallest absolute Gasteiger partial charge is 0.309 e. The van der Waals surface area contributed by atoms with Gasteiger partial charge in [-0.2, -0.15) is 0 Å². The molecule has 0 saturated heterocycles. The van der Waals surface area contributed by atoms with Crippen LogP contribution < -0.4 is 0 Å². The monoisotopic (exact) mass is 440 g/mol. The van der Waals surface area contributed by atoms with Crippen molar-refractivity contribution in [1.82, 2.24) is 0 Å². The standard InChI is InChI=1S/C21H32N2O8/c1-3-30-18(24)15-10-20(22(26)27)12-16(19(25)31-4-2)13-21(11-15,23(28)29)17(20)14-8-6-5-7-9-14/h14-17H,3-13H2,1-2H3. The second kappa shape index (κ2) is 9.08. The van der Waals surface area contributed by atoms with E-state index in [0.717, 1.165) is 19.3 Å².